The first-order valence-corrected chi connectivity index (χ1v) is 4.37. The Balaban J connectivity index is 2.35. The molecular weight excluding hydrogens is 124 g/mol. The zero-order valence-corrected chi connectivity index (χ0v) is 7.26. The van der Waals surface area contributed by atoms with Crippen LogP contribution in [0.1, 0.15) is 40.0 Å². The first-order valence-electron chi connectivity index (χ1n) is 4.37. The zero-order valence-electron chi connectivity index (χ0n) is 7.26. The highest BCUT2D eigenvalue weighted by Gasteiger charge is 2.22. The summed E-state index contributed by atoms with van der Waals surface area (Å²) < 4.78 is 5.71. The maximum absolute atomic E-state index is 5.71. The molecule has 1 fully saturated rings. The van der Waals surface area contributed by atoms with Crippen molar-refractivity contribution in [1.82, 2.24) is 0 Å². The summed E-state index contributed by atoms with van der Waals surface area (Å²) in [4.78, 5) is 0. The molecule has 0 radical (unpaired) electrons. The Kier molecular flexibility index (Phi) is 2.72. The van der Waals surface area contributed by atoms with Crippen molar-refractivity contribution in [3.63, 3.8) is 0 Å². The number of hydrogen-bond donors (Lipinski definition) is 0. The maximum Gasteiger partial charge on any atom is 0.0578 e. The zero-order chi connectivity index (χ0) is 7.56. The van der Waals surface area contributed by atoms with Crippen molar-refractivity contribution in [3.05, 3.63) is 0 Å². The van der Waals surface area contributed by atoms with Gasteiger partial charge in [0.2, 0.25) is 0 Å². The summed E-state index contributed by atoms with van der Waals surface area (Å²) in [6.07, 6.45) is 4.72. The van der Waals surface area contributed by atoms with E-state index in [1.165, 1.54) is 19.3 Å². The molecule has 1 heteroatoms. The van der Waals surface area contributed by atoms with E-state index >= 15 is 0 Å². The van der Waals surface area contributed by atoms with Crippen molar-refractivity contribution in [2.75, 3.05) is 0 Å². The van der Waals surface area contributed by atoms with E-state index in [9.17, 15) is 0 Å². The molecule has 0 amide bonds. The van der Waals surface area contributed by atoms with Gasteiger partial charge >= 0.3 is 0 Å². The van der Waals surface area contributed by atoms with Crippen LogP contribution in [0.15, 0.2) is 0 Å². The minimum Gasteiger partial charge on any atom is -0.375 e. The molecule has 0 saturated carbocycles. The molecule has 0 spiro atoms. The SMILES string of the molecule is CC[C@@H]1C[C@@H](C)CC(C)O1. The fraction of sp³-hybridized carbons (Fsp3) is 1.00. The third-order valence-corrected chi connectivity index (χ3v) is 2.28. The Morgan fingerprint density at radius 2 is 2.00 bits per heavy atom. The van der Waals surface area contributed by atoms with Gasteiger partial charge in [-0.3, -0.25) is 0 Å². The van der Waals surface area contributed by atoms with Crippen LogP contribution in [0.5, 0.6) is 0 Å². The van der Waals surface area contributed by atoms with Crippen molar-refractivity contribution >= 4 is 0 Å². The van der Waals surface area contributed by atoms with E-state index in [0.29, 0.717) is 12.2 Å². The van der Waals surface area contributed by atoms with E-state index in [0.717, 1.165) is 5.92 Å². The molecule has 1 aliphatic rings. The smallest absolute Gasteiger partial charge is 0.0578 e. The molecule has 0 N–H and O–H groups in total. The second kappa shape index (κ2) is 3.38. The van der Waals surface area contributed by atoms with Crippen LogP contribution in [0, 0.1) is 5.92 Å². The van der Waals surface area contributed by atoms with E-state index < -0.39 is 0 Å². The lowest BCUT2D eigenvalue weighted by atomic mass is 9.93. The highest BCUT2D eigenvalue weighted by Crippen LogP contribution is 2.25. The highest BCUT2D eigenvalue weighted by molar-refractivity contribution is 4.71. The van der Waals surface area contributed by atoms with E-state index in [1.807, 2.05) is 0 Å². The van der Waals surface area contributed by atoms with Gasteiger partial charge in [0, 0.05) is 0 Å². The second-order valence-corrected chi connectivity index (χ2v) is 3.55. The van der Waals surface area contributed by atoms with Crippen LogP contribution in [-0.2, 0) is 4.74 Å². The lowest BCUT2D eigenvalue weighted by Crippen LogP contribution is -2.29. The number of ether oxygens (including phenoxy) is 1. The number of rotatable bonds is 1. The van der Waals surface area contributed by atoms with Gasteiger partial charge in [0.25, 0.3) is 0 Å². The van der Waals surface area contributed by atoms with Crippen molar-refractivity contribution in [3.8, 4) is 0 Å². The lowest BCUT2D eigenvalue weighted by Gasteiger charge is -2.31. The van der Waals surface area contributed by atoms with E-state index in [1.54, 1.807) is 0 Å². The summed E-state index contributed by atoms with van der Waals surface area (Å²) in [6.45, 7) is 6.70. The van der Waals surface area contributed by atoms with Crippen LogP contribution in [-0.4, -0.2) is 12.2 Å². The summed E-state index contributed by atoms with van der Waals surface area (Å²) in [7, 11) is 0. The summed E-state index contributed by atoms with van der Waals surface area (Å²) in [6, 6.07) is 0. The highest BCUT2D eigenvalue weighted by atomic mass is 16.5. The minimum absolute atomic E-state index is 0.494. The first kappa shape index (κ1) is 8.06. The second-order valence-electron chi connectivity index (χ2n) is 3.55. The van der Waals surface area contributed by atoms with Crippen LogP contribution >= 0.6 is 0 Å². The third kappa shape index (κ3) is 1.98. The molecule has 1 rings (SSSR count). The standard InChI is InChI=1S/C9H18O/c1-4-9-6-7(2)5-8(3)10-9/h7-9H,4-6H2,1-3H3/t7-,8?,9+/m0/s1. The normalized spacial score (nSPS) is 41.7. The Hall–Kier alpha value is -0.0400. The molecule has 60 valence electrons. The Morgan fingerprint density at radius 1 is 1.30 bits per heavy atom. The molecule has 0 bridgehead atoms. The molecule has 1 nitrogen and oxygen atoms in total. The molecule has 1 aliphatic heterocycles. The van der Waals surface area contributed by atoms with Gasteiger partial charge in [-0.2, -0.15) is 0 Å². The topological polar surface area (TPSA) is 9.23 Å². The van der Waals surface area contributed by atoms with Gasteiger partial charge in [0.15, 0.2) is 0 Å². The van der Waals surface area contributed by atoms with Gasteiger partial charge in [0.1, 0.15) is 0 Å². The summed E-state index contributed by atoms with van der Waals surface area (Å²) in [5, 5.41) is 0. The summed E-state index contributed by atoms with van der Waals surface area (Å²) in [5.74, 6) is 0.869. The molecular formula is C9H18O. The minimum atomic E-state index is 0.494. The molecule has 3 atom stereocenters. The monoisotopic (exact) mass is 142 g/mol. The fourth-order valence-corrected chi connectivity index (χ4v) is 1.81. The fourth-order valence-electron chi connectivity index (χ4n) is 1.81. The molecule has 10 heavy (non-hydrogen) atoms. The third-order valence-electron chi connectivity index (χ3n) is 2.28. The Labute approximate surface area is 63.8 Å². The van der Waals surface area contributed by atoms with Gasteiger partial charge in [-0.15, -0.1) is 0 Å². The average molecular weight is 142 g/mol. The predicted octanol–water partition coefficient (Wildman–Crippen LogP) is 2.60. The predicted molar refractivity (Wildman–Crippen MR) is 43.0 cm³/mol. The van der Waals surface area contributed by atoms with E-state index in [2.05, 4.69) is 20.8 Å². The van der Waals surface area contributed by atoms with Gasteiger partial charge in [0.05, 0.1) is 12.2 Å². The van der Waals surface area contributed by atoms with Gasteiger partial charge in [-0.05, 0) is 32.1 Å². The largest absolute Gasteiger partial charge is 0.375 e. The average Bonchev–Trinajstić information content (AvgIpc) is 1.85. The summed E-state index contributed by atoms with van der Waals surface area (Å²) >= 11 is 0. The first-order chi connectivity index (χ1) is 4.72. The quantitative estimate of drug-likeness (QED) is 0.547. The molecule has 0 aromatic rings. The number of hydrogen-bond acceptors (Lipinski definition) is 1. The van der Waals surface area contributed by atoms with Crippen LogP contribution in [0.25, 0.3) is 0 Å². The van der Waals surface area contributed by atoms with Crippen LogP contribution in [0.3, 0.4) is 0 Å². The Bertz CT molecular complexity index is 90.9. The molecule has 1 heterocycles. The molecule has 1 unspecified atom stereocenters. The van der Waals surface area contributed by atoms with E-state index in [4.69, 9.17) is 4.74 Å². The van der Waals surface area contributed by atoms with Crippen LogP contribution in [0.4, 0.5) is 0 Å². The van der Waals surface area contributed by atoms with Crippen molar-refractivity contribution in [1.29, 1.82) is 0 Å². The van der Waals surface area contributed by atoms with Gasteiger partial charge < -0.3 is 4.74 Å². The lowest BCUT2D eigenvalue weighted by molar-refractivity contribution is -0.0594. The van der Waals surface area contributed by atoms with Crippen LogP contribution < -0.4 is 0 Å². The van der Waals surface area contributed by atoms with Gasteiger partial charge in [-0.1, -0.05) is 13.8 Å². The molecule has 1 saturated heterocycles. The Morgan fingerprint density at radius 3 is 2.50 bits per heavy atom. The molecule has 0 aliphatic carbocycles. The van der Waals surface area contributed by atoms with E-state index in [-0.39, 0.29) is 0 Å². The molecule has 0 aromatic heterocycles. The van der Waals surface area contributed by atoms with Crippen LogP contribution in [0.2, 0.25) is 0 Å². The van der Waals surface area contributed by atoms with Crippen molar-refractivity contribution in [2.45, 2.75) is 52.2 Å². The van der Waals surface area contributed by atoms with Crippen molar-refractivity contribution in [2.24, 2.45) is 5.92 Å². The maximum atomic E-state index is 5.71. The van der Waals surface area contributed by atoms with Gasteiger partial charge in [-0.25, -0.2) is 0 Å². The summed E-state index contributed by atoms with van der Waals surface area (Å²) in [5.41, 5.74) is 0. The molecule has 0 aromatic carbocycles. The van der Waals surface area contributed by atoms with Crippen molar-refractivity contribution < 1.29 is 4.74 Å².